The van der Waals surface area contributed by atoms with Crippen LogP contribution >= 0.6 is 11.8 Å². The van der Waals surface area contributed by atoms with E-state index in [0.717, 1.165) is 17.1 Å². The second kappa shape index (κ2) is 7.13. The summed E-state index contributed by atoms with van der Waals surface area (Å²) in [5.74, 6) is 1.79. The smallest absolute Gasteiger partial charge is 0.0303 e. The molecule has 4 unspecified atom stereocenters. The summed E-state index contributed by atoms with van der Waals surface area (Å²) in [5.41, 5.74) is 3.07. The minimum Gasteiger partial charge on any atom is -0.150 e. The van der Waals surface area contributed by atoms with Crippen molar-refractivity contribution in [2.45, 2.75) is 49.0 Å². The van der Waals surface area contributed by atoms with E-state index in [2.05, 4.69) is 72.4 Å². The Balaban J connectivity index is 1.56. The topological polar surface area (TPSA) is 0 Å². The maximum absolute atomic E-state index is 2.33. The fourth-order valence-corrected chi connectivity index (χ4v) is 6.54. The highest BCUT2D eigenvalue weighted by molar-refractivity contribution is 8.00. The second-order valence-electron chi connectivity index (χ2n) is 7.21. The van der Waals surface area contributed by atoms with Crippen LogP contribution in [0.1, 0.15) is 48.5 Å². The van der Waals surface area contributed by atoms with Gasteiger partial charge in [-0.1, -0.05) is 73.5 Å². The quantitative estimate of drug-likeness (QED) is 0.640. The van der Waals surface area contributed by atoms with Gasteiger partial charge in [0.1, 0.15) is 0 Å². The van der Waals surface area contributed by atoms with Gasteiger partial charge in [-0.2, -0.15) is 11.8 Å². The Morgan fingerprint density at radius 1 is 0.826 bits per heavy atom. The van der Waals surface area contributed by atoms with Crippen LogP contribution in [0.4, 0.5) is 0 Å². The second-order valence-corrected chi connectivity index (χ2v) is 8.65. The van der Waals surface area contributed by atoms with Gasteiger partial charge in [-0.15, -0.1) is 0 Å². The van der Waals surface area contributed by atoms with E-state index in [1.165, 1.54) is 44.1 Å². The predicted octanol–water partition coefficient (Wildman–Crippen LogP) is 6.28. The van der Waals surface area contributed by atoms with Gasteiger partial charge >= 0.3 is 0 Å². The summed E-state index contributed by atoms with van der Waals surface area (Å²) in [7, 11) is 0. The molecule has 23 heavy (non-hydrogen) atoms. The lowest BCUT2D eigenvalue weighted by atomic mass is 9.74. The third-order valence-corrected chi connectivity index (χ3v) is 7.46. The van der Waals surface area contributed by atoms with Gasteiger partial charge in [-0.3, -0.25) is 0 Å². The average Bonchev–Trinajstić information content (AvgIpc) is 2.63. The molecule has 1 aliphatic heterocycles. The van der Waals surface area contributed by atoms with Crippen LogP contribution in [0.15, 0.2) is 60.7 Å². The third kappa shape index (κ3) is 3.50. The molecule has 120 valence electrons. The van der Waals surface area contributed by atoms with Crippen LogP contribution < -0.4 is 0 Å². The third-order valence-electron chi connectivity index (χ3n) is 5.73. The molecule has 2 aromatic rings. The zero-order valence-corrected chi connectivity index (χ0v) is 14.6. The molecule has 1 saturated carbocycles. The van der Waals surface area contributed by atoms with Gasteiger partial charge < -0.3 is 0 Å². The zero-order valence-electron chi connectivity index (χ0n) is 13.7. The maximum Gasteiger partial charge on any atom is 0.0303 e. The highest BCUT2D eigenvalue weighted by Gasteiger charge is 2.39. The molecule has 4 atom stereocenters. The van der Waals surface area contributed by atoms with Gasteiger partial charge in [-0.25, -0.2) is 0 Å². The van der Waals surface area contributed by atoms with Crippen molar-refractivity contribution in [3.8, 4) is 0 Å². The van der Waals surface area contributed by atoms with Crippen molar-refractivity contribution in [2.24, 2.45) is 11.8 Å². The lowest BCUT2D eigenvalue weighted by Crippen LogP contribution is -2.35. The van der Waals surface area contributed by atoms with Crippen LogP contribution in [0.25, 0.3) is 0 Å². The Kier molecular flexibility index (Phi) is 4.75. The van der Waals surface area contributed by atoms with Crippen molar-refractivity contribution in [1.82, 2.24) is 0 Å². The summed E-state index contributed by atoms with van der Waals surface area (Å²) in [4.78, 5) is 0. The van der Waals surface area contributed by atoms with Gasteiger partial charge in [0.2, 0.25) is 0 Å². The van der Waals surface area contributed by atoms with E-state index < -0.39 is 0 Å². The van der Waals surface area contributed by atoms with Crippen LogP contribution in [0.2, 0.25) is 0 Å². The summed E-state index contributed by atoms with van der Waals surface area (Å²) in [6, 6.07) is 22.4. The number of rotatable bonds is 3. The van der Waals surface area contributed by atoms with E-state index in [0.29, 0.717) is 5.25 Å². The summed E-state index contributed by atoms with van der Waals surface area (Å²) in [6.07, 6.45) is 8.40. The molecular formula is C22H26S. The van der Waals surface area contributed by atoms with Gasteiger partial charge in [0.15, 0.2) is 0 Å². The minimum atomic E-state index is 0.698. The standard InChI is InChI=1S/C22H26S/c1-3-9-17(10-4-1)15-19-16-22(18-11-5-2-6-12-18)23-21-14-8-7-13-20(19)21/h1-6,9-12,19-22H,7-8,13-16H2. The highest BCUT2D eigenvalue weighted by atomic mass is 32.2. The molecule has 2 aliphatic rings. The summed E-state index contributed by atoms with van der Waals surface area (Å²) in [6.45, 7) is 0. The molecule has 0 aromatic heterocycles. The summed E-state index contributed by atoms with van der Waals surface area (Å²) < 4.78 is 0. The highest BCUT2D eigenvalue weighted by Crippen LogP contribution is 2.53. The van der Waals surface area contributed by atoms with Crippen molar-refractivity contribution in [3.63, 3.8) is 0 Å². The van der Waals surface area contributed by atoms with E-state index in [9.17, 15) is 0 Å². The fourth-order valence-electron chi connectivity index (χ4n) is 4.58. The van der Waals surface area contributed by atoms with Crippen LogP contribution in [-0.2, 0) is 6.42 Å². The Morgan fingerprint density at radius 2 is 1.52 bits per heavy atom. The van der Waals surface area contributed by atoms with E-state index >= 15 is 0 Å². The minimum absolute atomic E-state index is 0.698. The molecule has 0 amide bonds. The number of fused-ring (bicyclic) bond motifs is 1. The number of hydrogen-bond donors (Lipinski definition) is 0. The number of thioether (sulfide) groups is 1. The molecule has 1 heteroatoms. The van der Waals surface area contributed by atoms with Crippen LogP contribution in [0.5, 0.6) is 0 Å². The number of benzene rings is 2. The molecule has 2 fully saturated rings. The molecule has 0 N–H and O–H groups in total. The first-order chi connectivity index (χ1) is 11.4. The van der Waals surface area contributed by atoms with Crippen molar-refractivity contribution in [3.05, 3.63) is 71.8 Å². The number of hydrogen-bond acceptors (Lipinski definition) is 1. The van der Waals surface area contributed by atoms with E-state index in [1.54, 1.807) is 5.56 Å². The van der Waals surface area contributed by atoms with Gasteiger partial charge in [-0.05, 0) is 48.6 Å². The molecule has 1 saturated heterocycles. The molecule has 0 spiro atoms. The monoisotopic (exact) mass is 322 g/mol. The maximum atomic E-state index is 2.33. The van der Waals surface area contributed by atoms with Gasteiger partial charge in [0.05, 0.1) is 0 Å². The zero-order chi connectivity index (χ0) is 15.5. The lowest BCUT2D eigenvalue weighted by molar-refractivity contribution is 0.229. The Hall–Kier alpha value is -1.21. The molecule has 0 radical (unpaired) electrons. The van der Waals surface area contributed by atoms with E-state index in [-0.39, 0.29) is 0 Å². The molecule has 4 rings (SSSR count). The predicted molar refractivity (Wildman–Crippen MR) is 101 cm³/mol. The lowest BCUT2D eigenvalue weighted by Gasteiger charge is -2.44. The van der Waals surface area contributed by atoms with Gasteiger partial charge in [0.25, 0.3) is 0 Å². The molecule has 0 nitrogen and oxygen atoms in total. The Bertz CT molecular complexity index is 606. The molecule has 2 aromatic carbocycles. The average molecular weight is 323 g/mol. The van der Waals surface area contributed by atoms with Crippen LogP contribution in [-0.4, -0.2) is 5.25 Å². The summed E-state index contributed by atoms with van der Waals surface area (Å²) >= 11 is 2.28. The van der Waals surface area contributed by atoms with Crippen molar-refractivity contribution in [1.29, 1.82) is 0 Å². The first kappa shape index (κ1) is 15.3. The fraction of sp³-hybridized carbons (Fsp3) is 0.455. The normalized spacial score (nSPS) is 30.6. The van der Waals surface area contributed by atoms with Crippen molar-refractivity contribution in [2.75, 3.05) is 0 Å². The molecule has 0 bridgehead atoms. The van der Waals surface area contributed by atoms with Gasteiger partial charge in [0, 0.05) is 10.5 Å². The van der Waals surface area contributed by atoms with Crippen molar-refractivity contribution >= 4 is 11.8 Å². The van der Waals surface area contributed by atoms with Crippen molar-refractivity contribution < 1.29 is 0 Å². The molecule has 1 aliphatic carbocycles. The first-order valence-corrected chi connectivity index (χ1v) is 10.1. The van der Waals surface area contributed by atoms with Crippen LogP contribution in [0, 0.1) is 11.8 Å². The Morgan fingerprint density at radius 3 is 2.30 bits per heavy atom. The summed E-state index contributed by atoms with van der Waals surface area (Å²) in [5, 5.41) is 1.58. The SMILES string of the molecule is c1ccc(CC2CC(c3ccccc3)SC3CCCCC23)cc1. The van der Waals surface area contributed by atoms with E-state index in [4.69, 9.17) is 0 Å². The Labute approximate surface area is 144 Å². The van der Waals surface area contributed by atoms with E-state index in [1.807, 2.05) is 0 Å². The largest absolute Gasteiger partial charge is 0.150 e. The van der Waals surface area contributed by atoms with Crippen LogP contribution in [0.3, 0.4) is 0 Å². The molecular weight excluding hydrogens is 296 g/mol. The first-order valence-electron chi connectivity index (χ1n) is 9.14. The molecule has 1 heterocycles.